The molecule has 0 aliphatic rings. The van der Waals surface area contributed by atoms with Gasteiger partial charge in [0.05, 0.1) is 6.04 Å². The quantitative estimate of drug-likeness (QED) is 0.705. The minimum atomic E-state index is -0.496. The van der Waals surface area contributed by atoms with Gasteiger partial charge in [-0.3, -0.25) is 9.78 Å². The van der Waals surface area contributed by atoms with Crippen LogP contribution in [0.5, 0.6) is 0 Å². The lowest BCUT2D eigenvalue weighted by Gasteiger charge is -2.11. The fourth-order valence-corrected chi connectivity index (χ4v) is 1.38. The van der Waals surface area contributed by atoms with Gasteiger partial charge in [0.2, 0.25) is 5.91 Å². The minimum absolute atomic E-state index is 0.133. The molecule has 0 aliphatic heterocycles. The topological polar surface area (TPSA) is 77.2 Å². The number of nitrogens with two attached hydrogens (primary N) is 1. The molecule has 17 heavy (non-hydrogen) atoms. The van der Waals surface area contributed by atoms with Gasteiger partial charge in [-0.15, -0.1) is 0 Å². The van der Waals surface area contributed by atoms with Crippen LogP contribution in [-0.2, 0) is 16.0 Å². The molecule has 0 saturated heterocycles. The molecule has 1 rings (SSSR count). The van der Waals surface area contributed by atoms with Crippen LogP contribution in [0.2, 0.25) is 0 Å². The molecule has 0 aromatic carbocycles. The van der Waals surface area contributed by atoms with Crippen molar-refractivity contribution in [1.82, 2.24) is 10.3 Å². The number of rotatable bonds is 7. The third-order valence-electron chi connectivity index (χ3n) is 2.41. The zero-order valence-corrected chi connectivity index (χ0v) is 10.1. The number of hydrogen-bond donors (Lipinski definition) is 2. The summed E-state index contributed by atoms with van der Waals surface area (Å²) in [5.74, 6) is -0.133. The number of methoxy groups -OCH3 is 1. The van der Waals surface area contributed by atoms with Gasteiger partial charge in [-0.1, -0.05) is 6.07 Å². The van der Waals surface area contributed by atoms with Crippen molar-refractivity contribution in [2.45, 2.75) is 18.9 Å². The molecule has 1 aromatic rings. The van der Waals surface area contributed by atoms with Crippen molar-refractivity contribution in [3.05, 3.63) is 30.1 Å². The summed E-state index contributed by atoms with van der Waals surface area (Å²) >= 11 is 0. The number of carbonyl (C=O) groups excluding carboxylic acids is 1. The highest BCUT2D eigenvalue weighted by molar-refractivity contribution is 5.81. The fraction of sp³-hybridized carbons (Fsp3) is 0.500. The fourth-order valence-electron chi connectivity index (χ4n) is 1.38. The van der Waals surface area contributed by atoms with E-state index in [0.29, 0.717) is 19.6 Å². The van der Waals surface area contributed by atoms with Crippen LogP contribution in [-0.4, -0.2) is 37.2 Å². The lowest BCUT2D eigenvalue weighted by Crippen LogP contribution is -2.41. The van der Waals surface area contributed by atoms with Crippen LogP contribution in [0, 0.1) is 0 Å². The predicted molar refractivity (Wildman–Crippen MR) is 65.4 cm³/mol. The van der Waals surface area contributed by atoms with E-state index in [1.165, 1.54) is 0 Å². The van der Waals surface area contributed by atoms with Gasteiger partial charge < -0.3 is 15.8 Å². The Balaban J connectivity index is 2.20. The second-order valence-corrected chi connectivity index (χ2v) is 3.79. The molecule has 94 valence electrons. The molecule has 1 aromatic heterocycles. The van der Waals surface area contributed by atoms with Crippen LogP contribution in [0.4, 0.5) is 0 Å². The molecule has 0 aliphatic carbocycles. The molecular formula is C12H19N3O2. The van der Waals surface area contributed by atoms with Crippen molar-refractivity contribution in [1.29, 1.82) is 0 Å². The van der Waals surface area contributed by atoms with Gasteiger partial charge >= 0.3 is 0 Å². The predicted octanol–water partition coefficient (Wildman–Crippen LogP) is 0.104. The maximum Gasteiger partial charge on any atom is 0.237 e. The summed E-state index contributed by atoms with van der Waals surface area (Å²) in [7, 11) is 1.59. The molecule has 5 nitrogen and oxygen atoms in total. The molecule has 1 unspecified atom stereocenters. The Labute approximate surface area is 101 Å². The standard InChI is InChI=1S/C12H19N3O2/c1-17-8-5-11(13)12(16)15-7-4-10-3-2-6-14-9-10/h2-3,6,9,11H,4-5,7-8,13H2,1H3,(H,15,16). The molecular weight excluding hydrogens is 218 g/mol. The van der Waals surface area contributed by atoms with E-state index in [0.717, 1.165) is 12.0 Å². The van der Waals surface area contributed by atoms with E-state index < -0.39 is 6.04 Å². The minimum Gasteiger partial charge on any atom is -0.385 e. The van der Waals surface area contributed by atoms with Crippen molar-refractivity contribution in [3.8, 4) is 0 Å². The van der Waals surface area contributed by atoms with E-state index in [4.69, 9.17) is 10.5 Å². The third kappa shape index (κ3) is 5.42. The number of ether oxygens (including phenoxy) is 1. The van der Waals surface area contributed by atoms with Crippen LogP contribution in [0.1, 0.15) is 12.0 Å². The van der Waals surface area contributed by atoms with Gasteiger partial charge in [-0.2, -0.15) is 0 Å². The molecule has 0 radical (unpaired) electrons. The first kappa shape index (κ1) is 13.6. The van der Waals surface area contributed by atoms with Crippen LogP contribution in [0.25, 0.3) is 0 Å². The molecule has 0 fully saturated rings. The second kappa shape index (κ2) is 7.76. The van der Waals surface area contributed by atoms with Crippen molar-refractivity contribution < 1.29 is 9.53 Å². The monoisotopic (exact) mass is 237 g/mol. The van der Waals surface area contributed by atoms with Crippen LogP contribution in [0.3, 0.4) is 0 Å². The van der Waals surface area contributed by atoms with Gasteiger partial charge in [0.25, 0.3) is 0 Å². The SMILES string of the molecule is COCCC(N)C(=O)NCCc1cccnc1. The Morgan fingerprint density at radius 2 is 2.47 bits per heavy atom. The molecule has 0 bridgehead atoms. The first-order valence-corrected chi connectivity index (χ1v) is 5.65. The first-order chi connectivity index (χ1) is 8.24. The Morgan fingerprint density at radius 3 is 3.12 bits per heavy atom. The van der Waals surface area contributed by atoms with Crippen LogP contribution < -0.4 is 11.1 Å². The van der Waals surface area contributed by atoms with Gasteiger partial charge in [0.15, 0.2) is 0 Å². The van der Waals surface area contributed by atoms with E-state index in [2.05, 4.69) is 10.3 Å². The molecule has 0 spiro atoms. The van der Waals surface area contributed by atoms with Gasteiger partial charge in [0, 0.05) is 32.7 Å². The summed E-state index contributed by atoms with van der Waals surface area (Å²) in [6.45, 7) is 1.07. The number of nitrogens with zero attached hydrogens (tertiary/aromatic N) is 1. The molecule has 1 atom stereocenters. The van der Waals surface area contributed by atoms with E-state index in [-0.39, 0.29) is 5.91 Å². The summed E-state index contributed by atoms with van der Waals surface area (Å²) in [5, 5.41) is 2.79. The van der Waals surface area contributed by atoms with Crippen LogP contribution >= 0.6 is 0 Å². The first-order valence-electron chi connectivity index (χ1n) is 5.65. The normalized spacial score (nSPS) is 12.1. The summed E-state index contributed by atoms with van der Waals surface area (Å²) in [6.07, 6.45) is 4.81. The summed E-state index contributed by atoms with van der Waals surface area (Å²) in [4.78, 5) is 15.5. The summed E-state index contributed by atoms with van der Waals surface area (Å²) in [6, 6.07) is 3.36. The Morgan fingerprint density at radius 1 is 1.65 bits per heavy atom. The number of amides is 1. The zero-order chi connectivity index (χ0) is 12.5. The highest BCUT2D eigenvalue weighted by Gasteiger charge is 2.11. The van der Waals surface area contributed by atoms with Crippen molar-refractivity contribution in [2.75, 3.05) is 20.3 Å². The van der Waals surface area contributed by atoms with E-state index in [1.54, 1.807) is 19.5 Å². The van der Waals surface area contributed by atoms with Crippen LogP contribution in [0.15, 0.2) is 24.5 Å². The highest BCUT2D eigenvalue weighted by atomic mass is 16.5. The molecule has 0 saturated carbocycles. The Hall–Kier alpha value is -1.46. The average molecular weight is 237 g/mol. The van der Waals surface area contributed by atoms with Gasteiger partial charge in [-0.25, -0.2) is 0 Å². The number of nitrogens with one attached hydrogen (secondary N) is 1. The molecule has 1 heterocycles. The average Bonchev–Trinajstić information content (AvgIpc) is 2.37. The van der Waals surface area contributed by atoms with Crippen molar-refractivity contribution >= 4 is 5.91 Å². The third-order valence-corrected chi connectivity index (χ3v) is 2.41. The van der Waals surface area contributed by atoms with E-state index in [1.807, 2.05) is 12.1 Å². The zero-order valence-electron chi connectivity index (χ0n) is 10.1. The molecule has 3 N–H and O–H groups in total. The van der Waals surface area contributed by atoms with E-state index >= 15 is 0 Å². The number of carbonyl (C=O) groups is 1. The molecule has 1 amide bonds. The Bertz CT molecular complexity index is 330. The number of aromatic nitrogens is 1. The number of hydrogen-bond acceptors (Lipinski definition) is 4. The largest absolute Gasteiger partial charge is 0.385 e. The van der Waals surface area contributed by atoms with Gasteiger partial charge in [-0.05, 0) is 24.5 Å². The highest BCUT2D eigenvalue weighted by Crippen LogP contribution is 1.96. The smallest absolute Gasteiger partial charge is 0.237 e. The lowest BCUT2D eigenvalue weighted by atomic mass is 10.2. The van der Waals surface area contributed by atoms with Crippen molar-refractivity contribution in [3.63, 3.8) is 0 Å². The lowest BCUT2D eigenvalue weighted by molar-refractivity contribution is -0.122. The summed E-state index contributed by atoms with van der Waals surface area (Å²) < 4.78 is 4.87. The van der Waals surface area contributed by atoms with Crippen molar-refractivity contribution in [2.24, 2.45) is 5.73 Å². The Kier molecular flexibility index (Phi) is 6.21. The van der Waals surface area contributed by atoms with E-state index in [9.17, 15) is 4.79 Å². The second-order valence-electron chi connectivity index (χ2n) is 3.79. The number of pyridine rings is 1. The molecule has 5 heteroatoms. The maximum atomic E-state index is 11.5. The van der Waals surface area contributed by atoms with Gasteiger partial charge in [0.1, 0.15) is 0 Å². The summed E-state index contributed by atoms with van der Waals surface area (Å²) in [5.41, 5.74) is 6.77. The maximum absolute atomic E-state index is 11.5.